The number of carbonyl (C=O) groups is 2. The van der Waals surface area contributed by atoms with Gasteiger partial charge in [0.05, 0.1) is 41.8 Å². The Morgan fingerprint density at radius 3 is 2.63 bits per heavy atom. The summed E-state index contributed by atoms with van der Waals surface area (Å²) in [7, 11) is 1.29. The van der Waals surface area contributed by atoms with E-state index >= 15 is 0 Å². The van der Waals surface area contributed by atoms with Crippen LogP contribution in [0.2, 0.25) is 5.02 Å². The van der Waals surface area contributed by atoms with Crippen molar-refractivity contribution >= 4 is 35.1 Å². The predicted molar refractivity (Wildman–Crippen MR) is 98.0 cm³/mol. The molecule has 9 heteroatoms. The molecule has 1 aromatic carbocycles. The van der Waals surface area contributed by atoms with Crippen LogP contribution in [0.3, 0.4) is 0 Å². The Morgan fingerprint density at radius 2 is 1.96 bits per heavy atom. The van der Waals surface area contributed by atoms with Gasteiger partial charge in [0.15, 0.2) is 0 Å². The first kappa shape index (κ1) is 18.4. The van der Waals surface area contributed by atoms with Gasteiger partial charge in [0, 0.05) is 12.4 Å². The number of aromatic nitrogens is 2. The molecular weight excluding hydrogens is 372 g/mol. The number of esters is 1. The molecule has 0 aliphatic rings. The number of nitrogens with one attached hydrogen (secondary N) is 2. The van der Waals surface area contributed by atoms with Gasteiger partial charge >= 0.3 is 5.97 Å². The summed E-state index contributed by atoms with van der Waals surface area (Å²) in [6.45, 7) is 0.266. The smallest absolute Gasteiger partial charge is 0.337 e. The van der Waals surface area contributed by atoms with Crippen LogP contribution in [-0.2, 0) is 11.3 Å². The molecule has 0 radical (unpaired) electrons. The van der Waals surface area contributed by atoms with Gasteiger partial charge in [-0.15, -0.1) is 0 Å². The van der Waals surface area contributed by atoms with Gasteiger partial charge in [-0.05, 0) is 30.3 Å². The molecule has 0 saturated heterocycles. The largest absolute Gasteiger partial charge is 0.467 e. The second-order valence-electron chi connectivity index (χ2n) is 5.37. The normalized spacial score (nSPS) is 10.3. The monoisotopic (exact) mass is 386 g/mol. The molecule has 2 N–H and O–H groups in total. The molecule has 0 aliphatic carbocycles. The molecule has 2 aromatic heterocycles. The Kier molecular flexibility index (Phi) is 5.68. The summed E-state index contributed by atoms with van der Waals surface area (Å²) < 4.78 is 9.83. The summed E-state index contributed by atoms with van der Waals surface area (Å²) in [5, 5.41) is 5.98. The number of ether oxygens (including phenoxy) is 1. The highest BCUT2D eigenvalue weighted by Gasteiger charge is 2.11. The van der Waals surface area contributed by atoms with Gasteiger partial charge in [-0.3, -0.25) is 4.79 Å². The SMILES string of the molecule is COC(=O)c1ccc(Cl)c(Nc2ncc(C(=O)NCc3ccco3)cn2)c1. The first-order valence-electron chi connectivity index (χ1n) is 7.84. The highest BCUT2D eigenvalue weighted by Crippen LogP contribution is 2.25. The van der Waals surface area contributed by atoms with Crippen LogP contribution in [0.5, 0.6) is 0 Å². The Hall–Kier alpha value is -3.39. The second kappa shape index (κ2) is 8.33. The molecule has 0 atom stereocenters. The third-order valence-corrected chi connectivity index (χ3v) is 3.88. The van der Waals surface area contributed by atoms with E-state index in [9.17, 15) is 9.59 Å². The maximum Gasteiger partial charge on any atom is 0.337 e. The van der Waals surface area contributed by atoms with Crippen LogP contribution >= 0.6 is 11.6 Å². The Labute approximate surface area is 159 Å². The zero-order valence-corrected chi connectivity index (χ0v) is 15.0. The number of furan rings is 1. The maximum absolute atomic E-state index is 12.1. The van der Waals surface area contributed by atoms with E-state index in [4.69, 9.17) is 16.0 Å². The molecule has 3 rings (SSSR count). The topological polar surface area (TPSA) is 106 Å². The predicted octanol–water partition coefficient (Wildman–Crippen LogP) is 3.18. The molecule has 2 heterocycles. The number of rotatable bonds is 6. The lowest BCUT2D eigenvalue weighted by Crippen LogP contribution is -2.23. The van der Waals surface area contributed by atoms with E-state index in [2.05, 4.69) is 25.3 Å². The fourth-order valence-corrected chi connectivity index (χ4v) is 2.34. The summed E-state index contributed by atoms with van der Waals surface area (Å²) in [4.78, 5) is 31.9. The average molecular weight is 387 g/mol. The van der Waals surface area contributed by atoms with E-state index in [1.54, 1.807) is 24.3 Å². The second-order valence-corrected chi connectivity index (χ2v) is 5.78. The third-order valence-electron chi connectivity index (χ3n) is 3.55. The lowest BCUT2D eigenvalue weighted by atomic mass is 10.2. The van der Waals surface area contributed by atoms with Gasteiger partial charge in [-0.25, -0.2) is 14.8 Å². The van der Waals surface area contributed by atoms with Crippen LogP contribution < -0.4 is 10.6 Å². The molecular formula is C18H15ClN4O4. The summed E-state index contributed by atoms with van der Waals surface area (Å²) in [6, 6.07) is 8.14. The molecule has 0 bridgehead atoms. The number of hydrogen-bond donors (Lipinski definition) is 2. The van der Waals surface area contributed by atoms with E-state index in [0.717, 1.165) is 0 Å². The summed E-state index contributed by atoms with van der Waals surface area (Å²) in [5.74, 6) is 0.0482. The summed E-state index contributed by atoms with van der Waals surface area (Å²) >= 11 is 6.12. The average Bonchev–Trinajstić information content (AvgIpc) is 3.21. The fourth-order valence-electron chi connectivity index (χ4n) is 2.18. The third kappa shape index (κ3) is 4.62. The van der Waals surface area contributed by atoms with Crippen LogP contribution in [0.4, 0.5) is 11.6 Å². The van der Waals surface area contributed by atoms with Crippen LogP contribution in [0.25, 0.3) is 0 Å². The van der Waals surface area contributed by atoms with Crippen molar-refractivity contribution in [1.82, 2.24) is 15.3 Å². The van der Waals surface area contributed by atoms with Gasteiger partial charge in [0.1, 0.15) is 5.76 Å². The standard InChI is InChI=1S/C18H15ClN4O4/c1-26-17(25)11-4-5-14(19)15(7-11)23-18-21-8-12(9-22-18)16(24)20-10-13-3-2-6-27-13/h2-9H,10H2,1H3,(H,20,24)(H,21,22,23). The highest BCUT2D eigenvalue weighted by molar-refractivity contribution is 6.33. The molecule has 0 saturated carbocycles. The number of amides is 1. The van der Waals surface area contributed by atoms with Gasteiger partial charge < -0.3 is 19.8 Å². The van der Waals surface area contributed by atoms with Crippen molar-refractivity contribution in [3.05, 3.63) is 70.9 Å². The van der Waals surface area contributed by atoms with Gasteiger partial charge in [-0.2, -0.15) is 0 Å². The van der Waals surface area contributed by atoms with E-state index in [1.807, 2.05) is 0 Å². The number of benzene rings is 1. The van der Waals surface area contributed by atoms with Crippen molar-refractivity contribution in [2.24, 2.45) is 0 Å². The van der Waals surface area contributed by atoms with Crippen molar-refractivity contribution in [3.63, 3.8) is 0 Å². The van der Waals surface area contributed by atoms with E-state index in [0.29, 0.717) is 27.6 Å². The summed E-state index contributed by atoms with van der Waals surface area (Å²) in [6.07, 6.45) is 4.29. The zero-order valence-electron chi connectivity index (χ0n) is 14.2. The highest BCUT2D eigenvalue weighted by atomic mass is 35.5. The van der Waals surface area contributed by atoms with E-state index < -0.39 is 5.97 Å². The van der Waals surface area contributed by atoms with Crippen molar-refractivity contribution in [3.8, 4) is 0 Å². The number of nitrogens with zero attached hydrogens (tertiary/aromatic N) is 2. The molecule has 27 heavy (non-hydrogen) atoms. The molecule has 1 amide bonds. The van der Waals surface area contributed by atoms with E-state index in [1.165, 1.54) is 31.8 Å². The van der Waals surface area contributed by atoms with Crippen molar-refractivity contribution < 1.29 is 18.7 Å². The van der Waals surface area contributed by atoms with Gasteiger partial charge in [0.2, 0.25) is 5.95 Å². The number of halogens is 1. The van der Waals surface area contributed by atoms with Crippen molar-refractivity contribution in [2.45, 2.75) is 6.54 Å². The molecule has 0 spiro atoms. The maximum atomic E-state index is 12.1. The lowest BCUT2D eigenvalue weighted by Gasteiger charge is -2.09. The van der Waals surface area contributed by atoms with Crippen LogP contribution in [-0.4, -0.2) is 29.0 Å². The molecule has 8 nitrogen and oxygen atoms in total. The molecule has 3 aromatic rings. The number of carbonyl (C=O) groups excluding carboxylic acids is 2. The summed E-state index contributed by atoms with van der Waals surface area (Å²) in [5.41, 5.74) is 1.06. The number of hydrogen-bond acceptors (Lipinski definition) is 7. The van der Waals surface area contributed by atoms with Crippen molar-refractivity contribution in [2.75, 3.05) is 12.4 Å². The van der Waals surface area contributed by atoms with Crippen LogP contribution in [0, 0.1) is 0 Å². The Balaban J connectivity index is 1.67. The van der Waals surface area contributed by atoms with Gasteiger partial charge in [0.25, 0.3) is 5.91 Å². The van der Waals surface area contributed by atoms with Gasteiger partial charge in [-0.1, -0.05) is 11.6 Å². The minimum Gasteiger partial charge on any atom is -0.467 e. The molecule has 138 valence electrons. The van der Waals surface area contributed by atoms with Crippen molar-refractivity contribution in [1.29, 1.82) is 0 Å². The fraction of sp³-hybridized carbons (Fsp3) is 0.111. The first-order valence-corrected chi connectivity index (χ1v) is 8.22. The number of anilines is 2. The minimum atomic E-state index is -0.487. The van der Waals surface area contributed by atoms with Crippen LogP contribution in [0.15, 0.2) is 53.4 Å². The van der Waals surface area contributed by atoms with E-state index in [-0.39, 0.29) is 18.4 Å². The number of methoxy groups -OCH3 is 1. The Morgan fingerprint density at radius 1 is 1.19 bits per heavy atom. The quantitative estimate of drug-likeness (QED) is 0.626. The molecule has 0 aliphatic heterocycles. The lowest BCUT2D eigenvalue weighted by molar-refractivity contribution is 0.0600. The minimum absolute atomic E-state index is 0.224. The molecule has 0 fully saturated rings. The van der Waals surface area contributed by atoms with Crippen LogP contribution in [0.1, 0.15) is 26.5 Å². The zero-order chi connectivity index (χ0) is 19.2. The molecule has 0 unspecified atom stereocenters. The first-order chi connectivity index (χ1) is 13.1. The Bertz CT molecular complexity index is 943.